The molecule has 34 heavy (non-hydrogen) atoms. The summed E-state index contributed by atoms with van der Waals surface area (Å²) in [5, 5.41) is 16.9. The number of carbonyl (C=O) groups excluding carboxylic acids is 1. The fourth-order valence-corrected chi connectivity index (χ4v) is 3.86. The molecule has 2 aromatic carbocycles. The molecule has 5 rings (SSSR count). The fourth-order valence-electron chi connectivity index (χ4n) is 3.86. The van der Waals surface area contributed by atoms with Crippen LogP contribution >= 0.6 is 0 Å². The van der Waals surface area contributed by atoms with Crippen LogP contribution in [0.2, 0.25) is 0 Å². The lowest BCUT2D eigenvalue weighted by Gasteiger charge is -2.29. The summed E-state index contributed by atoms with van der Waals surface area (Å²) in [6, 6.07) is 14.3. The molecule has 174 valence electrons. The second-order valence-electron chi connectivity index (χ2n) is 7.72. The maximum atomic E-state index is 12.2. The van der Waals surface area contributed by atoms with Gasteiger partial charge in [-0.2, -0.15) is 4.98 Å². The summed E-state index contributed by atoms with van der Waals surface area (Å²) in [6.45, 7) is 2.89. The minimum absolute atomic E-state index is 0.0901. The average molecular weight is 460 g/mol. The lowest BCUT2D eigenvalue weighted by molar-refractivity contribution is 0.0602. The van der Waals surface area contributed by atoms with Crippen molar-refractivity contribution in [3.05, 3.63) is 60.3 Å². The van der Waals surface area contributed by atoms with Gasteiger partial charge >= 0.3 is 5.97 Å². The molecule has 10 heteroatoms. The number of methoxy groups -OCH3 is 1. The van der Waals surface area contributed by atoms with Gasteiger partial charge in [0.05, 0.1) is 42.8 Å². The summed E-state index contributed by atoms with van der Waals surface area (Å²) >= 11 is 0. The van der Waals surface area contributed by atoms with Crippen molar-refractivity contribution >= 4 is 45.8 Å². The van der Waals surface area contributed by atoms with E-state index in [0.717, 1.165) is 18.8 Å². The van der Waals surface area contributed by atoms with Crippen molar-refractivity contribution in [2.75, 3.05) is 48.9 Å². The summed E-state index contributed by atoms with van der Waals surface area (Å²) in [5.74, 6) is 0.397. The maximum Gasteiger partial charge on any atom is 0.339 e. The predicted molar refractivity (Wildman–Crippen MR) is 129 cm³/mol. The number of fused-ring (bicyclic) bond motifs is 1. The number of hydrogen-bond acceptors (Lipinski definition) is 9. The number of H-pyrrole nitrogens is 1. The van der Waals surface area contributed by atoms with Crippen LogP contribution in [-0.4, -0.2) is 59.4 Å². The molecule has 0 saturated carbocycles. The lowest BCUT2D eigenvalue weighted by Crippen LogP contribution is -2.36. The van der Waals surface area contributed by atoms with Crippen molar-refractivity contribution < 1.29 is 19.4 Å². The molecule has 1 aliphatic heterocycles. The van der Waals surface area contributed by atoms with Crippen molar-refractivity contribution in [3.8, 4) is 5.75 Å². The van der Waals surface area contributed by atoms with Crippen molar-refractivity contribution in [2.45, 2.75) is 0 Å². The number of phenols is 1. The third-order valence-electron chi connectivity index (χ3n) is 5.60. The van der Waals surface area contributed by atoms with Crippen molar-refractivity contribution in [2.24, 2.45) is 0 Å². The highest BCUT2D eigenvalue weighted by molar-refractivity contribution is 5.98. The molecule has 0 aliphatic carbocycles. The van der Waals surface area contributed by atoms with Gasteiger partial charge in [0.25, 0.3) is 0 Å². The number of phenolic OH excluding ortho intramolecular Hbond substituents is 1. The van der Waals surface area contributed by atoms with Crippen LogP contribution < -0.4 is 15.5 Å². The highest BCUT2D eigenvalue weighted by Gasteiger charge is 2.17. The normalized spacial score (nSPS) is 13.6. The van der Waals surface area contributed by atoms with Crippen LogP contribution in [-0.2, 0) is 9.47 Å². The largest absolute Gasteiger partial charge is 0.506 e. The SMILES string of the molecule is COC(=O)c1ccccc1Nc1nc(Nc2ccc(N3CCOCC3)cc2O)nc2cc[nH]c12. The average Bonchev–Trinajstić information content (AvgIpc) is 3.35. The minimum Gasteiger partial charge on any atom is -0.506 e. The van der Waals surface area contributed by atoms with E-state index in [1.165, 1.54) is 7.11 Å². The first kappa shape index (κ1) is 21.5. The molecular weight excluding hydrogens is 436 g/mol. The Labute approximate surface area is 195 Å². The third-order valence-corrected chi connectivity index (χ3v) is 5.60. The van der Waals surface area contributed by atoms with Gasteiger partial charge < -0.3 is 35.1 Å². The Morgan fingerprint density at radius 3 is 2.71 bits per heavy atom. The van der Waals surface area contributed by atoms with E-state index in [9.17, 15) is 9.90 Å². The Morgan fingerprint density at radius 2 is 1.91 bits per heavy atom. The van der Waals surface area contributed by atoms with Crippen LogP contribution in [0.25, 0.3) is 11.0 Å². The van der Waals surface area contributed by atoms with E-state index in [1.54, 1.807) is 36.5 Å². The zero-order valence-corrected chi connectivity index (χ0v) is 18.5. The Morgan fingerprint density at radius 1 is 1.09 bits per heavy atom. The number of morpholine rings is 1. The molecule has 1 fully saturated rings. The highest BCUT2D eigenvalue weighted by atomic mass is 16.5. The van der Waals surface area contributed by atoms with Gasteiger partial charge in [0.2, 0.25) is 5.95 Å². The number of nitrogens with zero attached hydrogens (tertiary/aromatic N) is 3. The number of aromatic nitrogens is 3. The highest BCUT2D eigenvalue weighted by Crippen LogP contribution is 2.32. The number of aromatic amines is 1. The fraction of sp³-hybridized carbons (Fsp3) is 0.208. The van der Waals surface area contributed by atoms with E-state index in [1.807, 2.05) is 18.2 Å². The zero-order chi connectivity index (χ0) is 23.5. The Balaban J connectivity index is 1.44. The van der Waals surface area contributed by atoms with E-state index in [4.69, 9.17) is 9.47 Å². The number of benzene rings is 2. The van der Waals surface area contributed by atoms with E-state index < -0.39 is 5.97 Å². The molecule has 4 aromatic rings. The Hall–Kier alpha value is -4.31. The second-order valence-corrected chi connectivity index (χ2v) is 7.72. The quantitative estimate of drug-likeness (QED) is 0.251. The summed E-state index contributed by atoms with van der Waals surface area (Å²) in [4.78, 5) is 26.6. The smallest absolute Gasteiger partial charge is 0.339 e. The van der Waals surface area contributed by atoms with Gasteiger partial charge in [0.1, 0.15) is 11.3 Å². The van der Waals surface area contributed by atoms with Crippen LogP contribution in [0.15, 0.2) is 54.7 Å². The van der Waals surface area contributed by atoms with Crippen molar-refractivity contribution in [1.29, 1.82) is 0 Å². The molecule has 0 radical (unpaired) electrons. The van der Waals surface area contributed by atoms with Crippen LogP contribution in [0.5, 0.6) is 5.75 Å². The van der Waals surface area contributed by atoms with Gasteiger partial charge in [-0.15, -0.1) is 0 Å². The number of carbonyl (C=O) groups is 1. The van der Waals surface area contributed by atoms with E-state index >= 15 is 0 Å². The first-order valence-electron chi connectivity index (χ1n) is 10.8. The number of anilines is 5. The van der Waals surface area contributed by atoms with Crippen LogP contribution in [0, 0.1) is 0 Å². The van der Waals surface area contributed by atoms with Gasteiger partial charge in [-0.25, -0.2) is 9.78 Å². The number of rotatable bonds is 6. The summed E-state index contributed by atoms with van der Waals surface area (Å²) < 4.78 is 10.3. The van der Waals surface area contributed by atoms with Gasteiger partial charge in [-0.05, 0) is 30.3 Å². The number of hydrogen-bond donors (Lipinski definition) is 4. The molecule has 0 atom stereocenters. The molecule has 0 spiro atoms. The summed E-state index contributed by atoms with van der Waals surface area (Å²) in [5.41, 5.74) is 3.68. The first-order valence-corrected chi connectivity index (χ1v) is 10.8. The van der Waals surface area contributed by atoms with Gasteiger partial charge in [-0.1, -0.05) is 12.1 Å². The van der Waals surface area contributed by atoms with Crippen LogP contribution in [0.4, 0.5) is 28.8 Å². The summed E-state index contributed by atoms with van der Waals surface area (Å²) in [6.07, 6.45) is 1.76. The number of aromatic hydroxyl groups is 1. The third kappa shape index (κ3) is 4.30. The Kier molecular flexibility index (Phi) is 5.88. The van der Waals surface area contributed by atoms with Crippen LogP contribution in [0.1, 0.15) is 10.4 Å². The van der Waals surface area contributed by atoms with E-state index in [2.05, 4.69) is 30.5 Å². The van der Waals surface area contributed by atoms with Gasteiger partial charge in [0, 0.05) is 31.0 Å². The predicted octanol–water partition coefficient (Wildman–Crippen LogP) is 3.77. The molecule has 3 heterocycles. The second kappa shape index (κ2) is 9.28. The number of nitrogens with one attached hydrogen (secondary N) is 3. The first-order chi connectivity index (χ1) is 16.6. The number of ether oxygens (including phenoxy) is 2. The number of esters is 1. The maximum absolute atomic E-state index is 12.2. The van der Waals surface area contributed by atoms with Crippen molar-refractivity contribution in [1.82, 2.24) is 15.0 Å². The van der Waals surface area contributed by atoms with Crippen molar-refractivity contribution in [3.63, 3.8) is 0 Å². The lowest BCUT2D eigenvalue weighted by atomic mass is 10.2. The molecule has 1 saturated heterocycles. The standard InChI is InChI=1S/C24H24N6O4/c1-33-23(32)16-4-2-3-5-17(16)26-22-21-19(8-9-25-21)28-24(29-22)27-18-7-6-15(14-20(18)31)30-10-12-34-13-11-30/h2-9,14,25,31H,10-13H2,1H3,(H2,26,27,28,29). The molecule has 1 aliphatic rings. The Bertz CT molecular complexity index is 1330. The monoisotopic (exact) mass is 460 g/mol. The molecule has 0 bridgehead atoms. The van der Waals surface area contributed by atoms with E-state index in [-0.39, 0.29) is 5.75 Å². The van der Waals surface area contributed by atoms with E-state index in [0.29, 0.717) is 53.0 Å². The van der Waals surface area contributed by atoms with Gasteiger partial charge in [0.15, 0.2) is 5.82 Å². The number of para-hydroxylation sites is 1. The minimum atomic E-state index is -0.455. The molecule has 0 unspecified atom stereocenters. The molecule has 0 amide bonds. The van der Waals surface area contributed by atoms with Crippen LogP contribution in [0.3, 0.4) is 0 Å². The topological polar surface area (TPSA) is 125 Å². The summed E-state index contributed by atoms with van der Waals surface area (Å²) in [7, 11) is 1.34. The molecule has 4 N–H and O–H groups in total. The molecule has 10 nitrogen and oxygen atoms in total. The molecular formula is C24H24N6O4. The zero-order valence-electron chi connectivity index (χ0n) is 18.5. The van der Waals surface area contributed by atoms with Gasteiger partial charge in [-0.3, -0.25) is 0 Å². The molecule has 2 aromatic heterocycles.